The zero-order valence-corrected chi connectivity index (χ0v) is 18.4. The summed E-state index contributed by atoms with van der Waals surface area (Å²) in [5.41, 5.74) is 2.54. The normalized spacial score (nSPS) is 18.8. The third-order valence-electron chi connectivity index (χ3n) is 6.35. The van der Waals surface area contributed by atoms with E-state index in [4.69, 9.17) is 4.98 Å². The van der Waals surface area contributed by atoms with Gasteiger partial charge in [0.15, 0.2) is 0 Å². The molecule has 0 amide bonds. The van der Waals surface area contributed by atoms with Crippen molar-refractivity contribution < 1.29 is 12.8 Å². The lowest BCUT2D eigenvalue weighted by molar-refractivity contribution is 0.201. The topological polar surface area (TPSA) is 93.0 Å². The minimum absolute atomic E-state index is 0.329. The number of likely N-dealkylation sites (tertiary alicyclic amines) is 1. The van der Waals surface area contributed by atoms with Gasteiger partial charge in [0.05, 0.1) is 23.1 Å². The first kappa shape index (κ1) is 21.2. The third kappa shape index (κ3) is 4.43. The summed E-state index contributed by atoms with van der Waals surface area (Å²) in [5.74, 6) is 0.0156. The van der Waals surface area contributed by atoms with Crippen molar-refractivity contribution in [3.63, 3.8) is 0 Å². The van der Waals surface area contributed by atoms with Crippen LogP contribution in [0.5, 0.6) is 0 Å². The summed E-state index contributed by atoms with van der Waals surface area (Å²) in [7, 11) is -2.65. The van der Waals surface area contributed by atoms with Crippen LogP contribution in [0.25, 0.3) is 5.69 Å². The van der Waals surface area contributed by atoms with E-state index in [2.05, 4.69) is 19.9 Å². The standard InChI is InChI=1S/C22H25FN6O2S/c23-18-4-1-2-6-20(18)29-15-17(25-27-29)14-28-12-8-16(9-13-28)19-5-3-7-21(24-19)22(10-11-22)26-32(30)31/h1-7,15-16,32H,8-14H2,(H,26,30,31). The van der Waals surface area contributed by atoms with Gasteiger partial charge in [0.2, 0.25) is 10.9 Å². The van der Waals surface area contributed by atoms with Gasteiger partial charge in [-0.2, -0.15) is 0 Å². The van der Waals surface area contributed by atoms with Gasteiger partial charge in [-0.1, -0.05) is 23.4 Å². The fourth-order valence-corrected chi connectivity index (χ4v) is 5.10. The van der Waals surface area contributed by atoms with E-state index in [1.54, 1.807) is 24.4 Å². The monoisotopic (exact) mass is 456 g/mol. The Labute approximate surface area is 187 Å². The molecule has 1 saturated heterocycles. The first-order valence-corrected chi connectivity index (χ1v) is 12.0. The molecule has 5 rings (SSSR count). The number of hydrogen-bond acceptors (Lipinski definition) is 6. The van der Waals surface area contributed by atoms with E-state index < -0.39 is 16.4 Å². The molecule has 3 heterocycles. The molecule has 2 aliphatic rings. The maximum Gasteiger partial charge on any atom is 0.202 e. The van der Waals surface area contributed by atoms with Crippen molar-refractivity contribution in [2.24, 2.45) is 0 Å². The number of thiol groups is 1. The Balaban J connectivity index is 1.20. The van der Waals surface area contributed by atoms with Crippen LogP contribution < -0.4 is 4.72 Å². The highest BCUT2D eigenvalue weighted by Crippen LogP contribution is 2.45. The molecule has 0 radical (unpaired) electrons. The van der Waals surface area contributed by atoms with Gasteiger partial charge in [0, 0.05) is 18.2 Å². The second kappa shape index (κ2) is 8.68. The Bertz CT molecular complexity index is 1180. The molecule has 1 aromatic carbocycles. The van der Waals surface area contributed by atoms with E-state index in [9.17, 15) is 12.8 Å². The molecule has 1 aliphatic carbocycles. The zero-order chi connectivity index (χ0) is 22.1. The van der Waals surface area contributed by atoms with Crippen molar-refractivity contribution >= 4 is 10.9 Å². The molecule has 2 fully saturated rings. The zero-order valence-electron chi connectivity index (χ0n) is 17.5. The summed E-state index contributed by atoms with van der Waals surface area (Å²) in [6.45, 7) is 2.47. The van der Waals surface area contributed by atoms with Gasteiger partial charge in [-0.25, -0.2) is 22.2 Å². The van der Waals surface area contributed by atoms with Crippen LogP contribution in [0.3, 0.4) is 0 Å². The number of nitrogens with zero attached hydrogens (tertiary/aromatic N) is 5. The number of rotatable bonds is 7. The van der Waals surface area contributed by atoms with Gasteiger partial charge in [0.1, 0.15) is 11.5 Å². The Morgan fingerprint density at radius 2 is 1.88 bits per heavy atom. The largest absolute Gasteiger partial charge is 0.297 e. The Morgan fingerprint density at radius 1 is 1.09 bits per heavy atom. The van der Waals surface area contributed by atoms with E-state index in [0.29, 0.717) is 18.2 Å². The number of hydrogen-bond donors (Lipinski definition) is 2. The first-order valence-electron chi connectivity index (χ1n) is 10.8. The summed E-state index contributed by atoms with van der Waals surface area (Å²) in [6, 6.07) is 12.4. The molecule has 2 aromatic heterocycles. The summed E-state index contributed by atoms with van der Waals surface area (Å²) >= 11 is 0. The highest BCUT2D eigenvalue weighted by atomic mass is 32.2. The number of benzene rings is 1. The molecule has 0 atom stereocenters. The van der Waals surface area contributed by atoms with E-state index in [1.807, 2.05) is 18.2 Å². The lowest BCUT2D eigenvalue weighted by Crippen LogP contribution is -2.33. The smallest absolute Gasteiger partial charge is 0.202 e. The molecule has 10 heteroatoms. The molecule has 8 nitrogen and oxygen atoms in total. The van der Waals surface area contributed by atoms with Crippen LogP contribution in [0.15, 0.2) is 48.7 Å². The molecule has 3 aromatic rings. The lowest BCUT2D eigenvalue weighted by Gasteiger charge is -2.31. The van der Waals surface area contributed by atoms with Crippen molar-refractivity contribution in [1.29, 1.82) is 0 Å². The quantitative estimate of drug-likeness (QED) is 0.530. The van der Waals surface area contributed by atoms with Crippen LogP contribution in [0.4, 0.5) is 4.39 Å². The van der Waals surface area contributed by atoms with Gasteiger partial charge in [-0.15, -0.1) is 5.10 Å². The van der Waals surface area contributed by atoms with Gasteiger partial charge in [-0.05, 0) is 63.0 Å². The highest BCUT2D eigenvalue weighted by Gasteiger charge is 2.46. The molecule has 1 aliphatic heterocycles. The SMILES string of the molecule is O=[SH](=O)NC1(c2cccc(C3CCN(Cc4cn(-c5ccccc5F)nn4)CC3)n2)CC1. The van der Waals surface area contributed by atoms with Gasteiger partial charge in [0.25, 0.3) is 0 Å². The van der Waals surface area contributed by atoms with Crippen LogP contribution in [-0.2, 0) is 23.0 Å². The molecule has 1 saturated carbocycles. The van der Waals surface area contributed by atoms with E-state index in [1.165, 1.54) is 10.7 Å². The number of pyridine rings is 1. The number of halogens is 1. The van der Waals surface area contributed by atoms with E-state index >= 15 is 0 Å². The summed E-state index contributed by atoms with van der Waals surface area (Å²) in [5, 5.41) is 8.29. The van der Waals surface area contributed by atoms with Crippen LogP contribution in [0.2, 0.25) is 0 Å². The molecule has 0 bridgehead atoms. The Kier molecular flexibility index (Phi) is 5.75. The minimum atomic E-state index is -2.65. The molecule has 32 heavy (non-hydrogen) atoms. The van der Waals surface area contributed by atoms with Gasteiger partial charge in [-0.3, -0.25) is 9.88 Å². The number of piperidine rings is 1. The molecular formula is C22H25FN6O2S. The maximum atomic E-state index is 14.0. The fourth-order valence-electron chi connectivity index (χ4n) is 4.41. The summed E-state index contributed by atoms with van der Waals surface area (Å²) in [4.78, 5) is 7.15. The van der Waals surface area contributed by atoms with Gasteiger partial charge < -0.3 is 0 Å². The van der Waals surface area contributed by atoms with Gasteiger partial charge >= 0.3 is 0 Å². The molecule has 168 valence electrons. The van der Waals surface area contributed by atoms with E-state index in [0.717, 1.165) is 55.9 Å². The lowest BCUT2D eigenvalue weighted by atomic mass is 9.92. The van der Waals surface area contributed by atoms with Crippen LogP contribution in [-0.4, -0.2) is 46.4 Å². The highest BCUT2D eigenvalue weighted by molar-refractivity contribution is 7.70. The predicted octanol–water partition coefficient (Wildman–Crippen LogP) is 2.29. The van der Waals surface area contributed by atoms with Crippen molar-refractivity contribution in [2.45, 2.75) is 43.7 Å². The van der Waals surface area contributed by atoms with Crippen molar-refractivity contribution in [3.05, 3.63) is 71.6 Å². The average Bonchev–Trinajstić information content (AvgIpc) is 3.43. The fraction of sp³-hybridized carbons (Fsp3) is 0.409. The molecular weight excluding hydrogens is 431 g/mol. The second-order valence-corrected chi connectivity index (χ2v) is 9.29. The van der Waals surface area contributed by atoms with Crippen molar-refractivity contribution in [1.82, 2.24) is 29.6 Å². The van der Waals surface area contributed by atoms with Crippen LogP contribution in [0.1, 0.15) is 48.7 Å². The average molecular weight is 457 g/mol. The van der Waals surface area contributed by atoms with Crippen molar-refractivity contribution in [2.75, 3.05) is 13.1 Å². The molecule has 0 spiro atoms. The summed E-state index contributed by atoms with van der Waals surface area (Å²) < 4.78 is 40.5. The summed E-state index contributed by atoms with van der Waals surface area (Å²) in [6.07, 6.45) is 5.29. The second-order valence-electron chi connectivity index (χ2n) is 8.55. The van der Waals surface area contributed by atoms with Crippen LogP contribution >= 0.6 is 0 Å². The number of nitrogens with one attached hydrogen (secondary N) is 1. The van der Waals surface area contributed by atoms with Crippen LogP contribution in [0, 0.1) is 5.82 Å². The number of para-hydroxylation sites is 1. The Hall–Kier alpha value is -2.69. The molecule has 1 N–H and O–H groups in total. The van der Waals surface area contributed by atoms with E-state index in [-0.39, 0.29) is 5.82 Å². The molecule has 0 unspecified atom stereocenters. The predicted molar refractivity (Wildman–Crippen MR) is 117 cm³/mol. The first-order chi connectivity index (χ1) is 15.5. The van der Waals surface area contributed by atoms with Crippen molar-refractivity contribution in [3.8, 4) is 5.69 Å². The Morgan fingerprint density at radius 3 is 2.59 bits per heavy atom. The number of aromatic nitrogens is 4. The minimum Gasteiger partial charge on any atom is -0.297 e. The third-order valence-corrected chi connectivity index (χ3v) is 6.96. The maximum absolute atomic E-state index is 14.0.